The van der Waals surface area contributed by atoms with Crippen LogP contribution in [-0.4, -0.2) is 98.6 Å². The summed E-state index contributed by atoms with van der Waals surface area (Å²) in [5.41, 5.74) is 10.4. The standard InChI is InChI=1S/C35H23N11.C25H19N11.C18H9N7S3.3Pt/c1-5-13-24(14-6-1)43-23-30-38-32(43)29-22-45(26-17-9-3-10-18-26)34(37-29)41-33-36-28(21-44(33)25-15-7-2-8-16-25)31-40-35(39-30)46(42-31)27-19-11-4-12-20-27;1-33-14-19-27-22(33)18-13-35(16-9-5-3-6-10-16)24(26-18)29-20-15-34(2)23(28-20)21-31-25(30-19)36(32-21)17-11-7-4-8-12-17;1-2-4-10(5-3-1)25-6-14-22-15(25)13-9-28-18(21-13)24-17-20-12(8-27-17)11-7-26-16(19-11)23-14;;;/h1-23H;3-15H,1-2H3;1-9H;;;/q3*-2;3*+2. The third-order valence-electron chi connectivity index (χ3n) is 17.6. The van der Waals surface area contributed by atoms with E-state index in [0.29, 0.717) is 115 Å². The molecule has 35 heteroatoms. The maximum Gasteiger partial charge on any atom is 2.00 e. The van der Waals surface area contributed by atoms with Crippen molar-refractivity contribution in [1.82, 2.24) is 52.7 Å². The number of hydrazone groups is 2. The molecule has 24 bridgehead atoms. The predicted molar refractivity (Wildman–Crippen MR) is 438 cm³/mol. The summed E-state index contributed by atoms with van der Waals surface area (Å²) in [5, 5.41) is 49.5. The van der Waals surface area contributed by atoms with Crippen molar-refractivity contribution in [2.45, 2.75) is 0 Å². The Morgan fingerprint density at radius 1 is 0.310 bits per heavy atom. The number of rotatable bonds is 7. The van der Waals surface area contributed by atoms with Gasteiger partial charge in [-0.05, 0) is 111 Å². The number of fused-ring (bicyclic) bond motifs is 30. The number of aliphatic imine (C=N–C) groups is 6. The molecule has 0 atom stereocenters. The van der Waals surface area contributed by atoms with Gasteiger partial charge in [0.15, 0.2) is 11.8 Å². The van der Waals surface area contributed by atoms with Gasteiger partial charge in [0, 0.05) is 108 Å². The third-order valence-corrected chi connectivity index (χ3v) is 19.8. The minimum absolute atomic E-state index is 0. The topological polar surface area (TPSA) is 298 Å². The van der Waals surface area contributed by atoms with Crippen LogP contribution in [0.15, 0.2) is 312 Å². The fraction of sp³-hybridized carbons (Fsp3) is 0.0256. The monoisotopic (exact) mass is 2070 g/mol. The molecule has 0 radical (unpaired) electrons. The number of para-hydroxylation sites is 7. The number of guanidine groups is 4. The minimum atomic E-state index is 0. The molecular weight excluding hydrogens is 2020 g/mol. The summed E-state index contributed by atoms with van der Waals surface area (Å²) in [6.45, 7) is 0. The third kappa shape index (κ3) is 14.5. The number of aromatic nitrogens is 11. The number of nitrogens with zero attached hydrogens (tertiary/aromatic N) is 29. The van der Waals surface area contributed by atoms with Gasteiger partial charge < -0.3 is 90.8 Å². The van der Waals surface area contributed by atoms with Gasteiger partial charge in [0.05, 0.1) is 35.1 Å². The van der Waals surface area contributed by atoms with Crippen LogP contribution in [0.5, 0.6) is 0 Å². The van der Waals surface area contributed by atoms with E-state index in [1.54, 1.807) is 10.0 Å². The van der Waals surface area contributed by atoms with Gasteiger partial charge >= 0.3 is 63.2 Å². The Hall–Kier alpha value is -12.7. The number of hydrogen-bond donors (Lipinski definition) is 0. The second kappa shape index (κ2) is 31.2. The van der Waals surface area contributed by atoms with Gasteiger partial charge in [-0.3, -0.25) is 23.9 Å². The molecule has 0 amide bonds. The average molecular weight is 2080 g/mol. The molecular formula is C78H51N29Pt3S3. The van der Waals surface area contributed by atoms with Crippen LogP contribution in [0.1, 0.15) is 34.7 Å². The number of thiazole rings is 1. The molecule has 0 spiro atoms. The van der Waals surface area contributed by atoms with Crippen molar-refractivity contribution < 1.29 is 63.2 Å². The first-order valence-electron chi connectivity index (χ1n) is 34.3. The Morgan fingerprint density at radius 3 is 1.27 bits per heavy atom. The molecule has 6 aromatic heterocycles. The number of thioether (sulfide) groups is 2. The zero-order chi connectivity index (χ0) is 73.2. The molecule has 113 heavy (non-hydrogen) atoms. The number of imidazole rings is 5. The summed E-state index contributed by atoms with van der Waals surface area (Å²) in [6, 6.07) is 69.4. The Morgan fingerprint density at radius 2 is 0.717 bits per heavy atom. The molecule has 7 aromatic carbocycles. The first kappa shape index (κ1) is 73.1. The molecule has 0 saturated heterocycles. The molecule has 13 aromatic rings. The van der Waals surface area contributed by atoms with E-state index in [4.69, 9.17) is 76.4 Å². The van der Waals surface area contributed by atoms with Crippen molar-refractivity contribution in [3.63, 3.8) is 0 Å². The van der Waals surface area contributed by atoms with Crippen LogP contribution in [0.25, 0.3) is 71.8 Å². The van der Waals surface area contributed by atoms with E-state index < -0.39 is 0 Å². The first-order chi connectivity index (χ1) is 54.2. The van der Waals surface area contributed by atoms with Crippen LogP contribution in [0.2, 0.25) is 0 Å². The molecule has 0 N–H and O–H groups in total. The number of anilines is 4. The van der Waals surface area contributed by atoms with Gasteiger partial charge in [-0.2, -0.15) is 0 Å². The average Bonchev–Trinajstić information content (AvgIpc) is 1.66. The molecule has 29 nitrogen and oxygen atoms in total. The largest absolute Gasteiger partial charge is 2.00 e. The molecule has 0 saturated carbocycles. The fourth-order valence-corrected chi connectivity index (χ4v) is 14.6. The number of aryl methyl sites for hydroxylation is 2. The van der Waals surface area contributed by atoms with Crippen molar-refractivity contribution >= 4 is 161 Å². The van der Waals surface area contributed by atoms with E-state index in [1.165, 1.54) is 34.9 Å². The zero-order valence-electron chi connectivity index (χ0n) is 58.6. The van der Waals surface area contributed by atoms with E-state index in [2.05, 4.69) is 25.6 Å². The predicted octanol–water partition coefficient (Wildman–Crippen LogP) is 17.9. The van der Waals surface area contributed by atoms with Gasteiger partial charge in [0.25, 0.3) is 0 Å². The van der Waals surface area contributed by atoms with Gasteiger partial charge in [-0.25, -0.2) is 29.9 Å². The molecule has 9 aliphatic rings. The van der Waals surface area contributed by atoms with E-state index in [-0.39, 0.29) is 63.2 Å². The SMILES string of the molecule is C1=C2[N-]C(=Nc3cn(-c4ccccc4)c(n3)C3=CSC(=Nc4nc2cs4)[N-]3)S1.C1=C2[N-]C(=Nc3nc(cn3-c3ccccc3)C3=NN(c4ccccc4)C(=Nc4cn(-c5ccccc5)c2n4)[N-]3)N1c1ccccc1.Cn1cc2nc1C1=CN(c3ccccc3)C(=Nc3cn(C)c(n3)C3=NN(c4ccccc4)C(=N2)[N-]3)[N-]1.[Pt+2].[Pt+2].[Pt+2]. The minimum Gasteiger partial charge on any atom is -0.428 e. The Bertz CT molecular complexity index is 6100. The van der Waals surface area contributed by atoms with Crippen molar-refractivity contribution in [3.8, 4) is 17.1 Å². The quantitative estimate of drug-likeness (QED) is 0.144. The number of hydrogen-bond acceptors (Lipinski definition) is 21. The van der Waals surface area contributed by atoms with Crippen LogP contribution >= 0.6 is 34.9 Å². The number of benzene rings is 7. The summed E-state index contributed by atoms with van der Waals surface area (Å²) in [6.07, 6.45) is 13.2. The molecule has 9 aliphatic heterocycles. The summed E-state index contributed by atoms with van der Waals surface area (Å²) >= 11 is 4.40. The molecule has 15 heterocycles. The van der Waals surface area contributed by atoms with Crippen LogP contribution in [0.3, 0.4) is 0 Å². The van der Waals surface area contributed by atoms with Crippen LogP contribution < -0.4 is 19.8 Å². The summed E-state index contributed by atoms with van der Waals surface area (Å²) in [4.78, 5) is 61.3. The maximum atomic E-state index is 5.06. The van der Waals surface area contributed by atoms with E-state index in [1.807, 2.05) is 319 Å². The van der Waals surface area contributed by atoms with Crippen molar-refractivity contribution in [3.05, 3.63) is 338 Å². The summed E-state index contributed by atoms with van der Waals surface area (Å²) in [7, 11) is 3.80. The molecule has 0 aliphatic carbocycles. The van der Waals surface area contributed by atoms with E-state index in [0.717, 1.165) is 62.7 Å². The van der Waals surface area contributed by atoms with Gasteiger partial charge in [0.2, 0.25) is 0 Å². The van der Waals surface area contributed by atoms with Crippen molar-refractivity contribution in [2.75, 3.05) is 19.8 Å². The second-order valence-electron chi connectivity index (χ2n) is 24.9. The zero-order valence-corrected chi connectivity index (χ0v) is 67.9. The number of amidine groups is 4. The van der Waals surface area contributed by atoms with Crippen molar-refractivity contribution in [2.24, 2.45) is 54.3 Å². The fourth-order valence-electron chi connectivity index (χ4n) is 12.5. The van der Waals surface area contributed by atoms with Gasteiger partial charge in [-0.1, -0.05) is 152 Å². The Kier molecular flexibility index (Phi) is 20.2. The van der Waals surface area contributed by atoms with Gasteiger partial charge in [0.1, 0.15) is 45.8 Å². The van der Waals surface area contributed by atoms with Gasteiger partial charge in [-0.15, -0.1) is 34.9 Å². The van der Waals surface area contributed by atoms with Crippen LogP contribution in [-0.2, 0) is 77.3 Å². The Balaban J connectivity index is 0.000000125. The normalized spacial score (nSPS) is 15.3. The van der Waals surface area contributed by atoms with Crippen molar-refractivity contribution in [1.29, 1.82) is 0 Å². The Labute approximate surface area is 700 Å². The first-order valence-corrected chi connectivity index (χ1v) is 36.9. The molecule has 556 valence electrons. The van der Waals surface area contributed by atoms with Crippen LogP contribution in [0.4, 0.5) is 57.1 Å². The molecule has 0 fully saturated rings. The molecule has 0 unspecified atom stereocenters. The van der Waals surface area contributed by atoms with Crippen LogP contribution in [0, 0.1) is 0 Å². The van der Waals surface area contributed by atoms with E-state index in [9.17, 15) is 0 Å². The summed E-state index contributed by atoms with van der Waals surface area (Å²) in [5.74, 6) is 7.53. The summed E-state index contributed by atoms with van der Waals surface area (Å²) < 4.78 is 9.63. The smallest absolute Gasteiger partial charge is 0.428 e. The van der Waals surface area contributed by atoms with E-state index >= 15 is 0 Å². The second-order valence-corrected chi connectivity index (χ2v) is 27.4. The molecule has 22 rings (SSSR count). The maximum absolute atomic E-state index is 5.06.